The fourth-order valence-corrected chi connectivity index (χ4v) is 3.26. The van der Waals surface area contributed by atoms with Crippen LogP contribution in [-0.2, 0) is 11.2 Å². The summed E-state index contributed by atoms with van der Waals surface area (Å²) in [6, 6.07) is 8.26. The Hall–Kier alpha value is -2.08. The lowest BCUT2D eigenvalue weighted by atomic mass is 9.87. The third-order valence-electron chi connectivity index (χ3n) is 3.93. The van der Waals surface area contributed by atoms with Gasteiger partial charge in [0, 0.05) is 16.9 Å². The molecule has 0 bridgehead atoms. The minimum absolute atomic E-state index is 0.128. The van der Waals surface area contributed by atoms with E-state index in [1.807, 2.05) is 26.0 Å². The molecule has 24 heavy (non-hydrogen) atoms. The molecule has 0 N–H and O–H groups in total. The van der Waals surface area contributed by atoms with Gasteiger partial charge in [-0.1, -0.05) is 49.8 Å². The number of thioether (sulfide) groups is 1. The molecule has 0 amide bonds. The second-order valence-corrected chi connectivity index (χ2v) is 7.72. The molecule has 0 saturated carbocycles. The Morgan fingerprint density at radius 1 is 1.04 bits per heavy atom. The zero-order chi connectivity index (χ0) is 17.3. The lowest BCUT2D eigenvalue weighted by Gasteiger charge is -2.18. The molecule has 0 radical (unpaired) electrons. The second kappa shape index (κ2) is 6.43. The SMILES string of the molecule is Cc1noc(C)c1CSc1nnc(-c2ccc(C(C)(C)C)cc2)o1. The summed E-state index contributed by atoms with van der Waals surface area (Å²) in [5.41, 5.74) is 4.31. The van der Waals surface area contributed by atoms with Crippen molar-refractivity contribution in [3.05, 3.63) is 46.8 Å². The first kappa shape index (κ1) is 16.8. The molecule has 2 aromatic heterocycles. The van der Waals surface area contributed by atoms with E-state index in [1.165, 1.54) is 17.3 Å². The standard InChI is InChI=1S/C18H21N3O2S/c1-11-15(12(2)23-21-11)10-24-17-20-19-16(22-17)13-6-8-14(9-7-13)18(3,4)5/h6-9H,10H2,1-5H3. The van der Waals surface area contributed by atoms with Crippen LogP contribution in [0.1, 0.15) is 43.4 Å². The summed E-state index contributed by atoms with van der Waals surface area (Å²) >= 11 is 1.49. The van der Waals surface area contributed by atoms with E-state index in [2.05, 4.69) is 48.3 Å². The predicted molar refractivity (Wildman–Crippen MR) is 94.0 cm³/mol. The van der Waals surface area contributed by atoms with Crippen LogP contribution in [0.3, 0.4) is 0 Å². The van der Waals surface area contributed by atoms with Gasteiger partial charge in [0.25, 0.3) is 5.22 Å². The molecule has 6 heteroatoms. The molecule has 1 aromatic carbocycles. The molecule has 0 aliphatic rings. The Kier molecular flexibility index (Phi) is 4.49. The average Bonchev–Trinajstić information content (AvgIpc) is 3.12. The van der Waals surface area contributed by atoms with Crippen LogP contribution in [0.15, 0.2) is 38.4 Å². The Morgan fingerprint density at radius 3 is 2.33 bits per heavy atom. The fraction of sp³-hybridized carbons (Fsp3) is 0.389. The summed E-state index contributed by atoms with van der Waals surface area (Å²) in [6.07, 6.45) is 0. The minimum Gasteiger partial charge on any atom is -0.411 e. The number of nitrogens with zero attached hydrogens (tertiary/aromatic N) is 3. The molecular formula is C18H21N3O2S. The van der Waals surface area contributed by atoms with Gasteiger partial charge in [-0.25, -0.2) is 0 Å². The normalized spacial score (nSPS) is 11.9. The monoisotopic (exact) mass is 343 g/mol. The Balaban J connectivity index is 1.71. The van der Waals surface area contributed by atoms with Crippen molar-refractivity contribution in [2.75, 3.05) is 0 Å². The van der Waals surface area contributed by atoms with E-state index < -0.39 is 0 Å². The van der Waals surface area contributed by atoms with E-state index >= 15 is 0 Å². The molecule has 5 nitrogen and oxygen atoms in total. The van der Waals surface area contributed by atoms with E-state index in [1.54, 1.807) is 0 Å². The summed E-state index contributed by atoms with van der Waals surface area (Å²) in [6.45, 7) is 10.4. The lowest BCUT2D eigenvalue weighted by molar-refractivity contribution is 0.392. The summed E-state index contributed by atoms with van der Waals surface area (Å²) in [7, 11) is 0. The highest BCUT2D eigenvalue weighted by Gasteiger charge is 2.16. The fourth-order valence-electron chi connectivity index (χ4n) is 2.34. The van der Waals surface area contributed by atoms with Crippen LogP contribution in [0.25, 0.3) is 11.5 Å². The zero-order valence-corrected chi connectivity index (χ0v) is 15.4. The maximum absolute atomic E-state index is 5.76. The molecule has 0 unspecified atom stereocenters. The van der Waals surface area contributed by atoms with Gasteiger partial charge in [0.2, 0.25) is 5.89 Å². The van der Waals surface area contributed by atoms with Crippen molar-refractivity contribution in [2.24, 2.45) is 0 Å². The average molecular weight is 343 g/mol. The van der Waals surface area contributed by atoms with Gasteiger partial charge in [-0.3, -0.25) is 0 Å². The van der Waals surface area contributed by atoms with Gasteiger partial charge in [-0.2, -0.15) is 0 Å². The van der Waals surface area contributed by atoms with Gasteiger partial charge in [0.1, 0.15) is 5.76 Å². The molecule has 0 saturated heterocycles. The van der Waals surface area contributed by atoms with Crippen molar-refractivity contribution in [3.63, 3.8) is 0 Å². The predicted octanol–water partition coefficient (Wildman–Crippen LogP) is 4.93. The largest absolute Gasteiger partial charge is 0.411 e. The summed E-state index contributed by atoms with van der Waals surface area (Å²) in [5, 5.41) is 12.8. The molecule has 0 atom stereocenters. The number of rotatable bonds is 4. The molecule has 0 spiro atoms. The first-order valence-corrected chi connectivity index (χ1v) is 8.82. The number of benzene rings is 1. The van der Waals surface area contributed by atoms with E-state index in [0.29, 0.717) is 16.9 Å². The van der Waals surface area contributed by atoms with Crippen LogP contribution in [0, 0.1) is 13.8 Å². The van der Waals surface area contributed by atoms with Crippen LogP contribution in [-0.4, -0.2) is 15.4 Å². The van der Waals surface area contributed by atoms with Crippen molar-refractivity contribution in [3.8, 4) is 11.5 Å². The first-order chi connectivity index (χ1) is 11.3. The van der Waals surface area contributed by atoms with Crippen LogP contribution >= 0.6 is 11.8 Å². The quantitative estimate of drug-likeness (QED) is 0.626. The minimum atomic E-state index is 0.128. The molecule has 0 fully saturated rings. The van der Waals surface area contributed by atoms with Gasteiger partial charge in [0.05, 0.1) is 5.69 Å². The molecule has 3 rings (SSSR count). The molecule has 0 aliphatic carbocycles. The number of hydrogen-bond donors (Lipinski definition) is 0. The van der Waals surface area contributed by atoms with E-state index in [0.717, 1.165) is 22.6 Å². The molecule has 3 aromatic rings. The van der Waals surface area contributed by atoms with Crippen LogP contribution in [0.2, 0.25) is 0 Å². The topological polar surface area (TPSA) is 65.0 Å². The summed E-state index contributed by atoms with van der Waals surface area (Å²) in [4.78, 5) is 0. The second-order valence-electron chi connectivity index (χ2n) is 6.79. The number of aromatic nitrogens is 3. The highest BCUT2D eigenvalue weighted by Crippen LogP contribution is 2.29. The molecular weight excluding hydrogens is 322 g/mol. The van der Waals surface area contributed by atoms with E-state index in [9.17, 15) is 0 Å². The lowest BCUT2D eigenvalue weighted by Crippen LogP contribution is -2.10. The summed E-state index contributed by atoms with van der Waals surface area (Å²) in [5.74, 6) is 2.07. The van der Waals surface area contributed by atoms with Crippen molar-refractivity contribution in [1.29, 1.82) is 0 Å². The van der Waals surface area contributed by atoms with Gasteiger partial charge in [-0.15, -0.1) is 10.2 Å². The summed E-state index contributed by atoms with van der Waals surface area (Å²) < 4.78 is 10.9. The molecule has 126 valence electrons. The number of hydrogen-bond acceptors (Lipinski definition) is 6. The van der Waals surface area contributed by atoms with Crippen molar-refractivity contribution < 1.29 is 8.94 Å². The Labute approximate surface area is 145 Å². The highest BCUT2D eigenvalue weighted by atomic mass is 32.2. The van der Waals surface area contributed by atoms with E-state index in [4.69, 9.17) is 8.94 Å². The Bertz CT molecular complexity index is 809. The molecule has 0 aliphatic heterocycles. The van der Waals surface area contributed by atoms with Crippen LogP contribution in [0.4, 0.5) is 0 Å². The first-order valence-electron chi connectivity index (χ1n) is 7.83. The highest BCUT2D eigenvalue weighted by molar-refractivity contribution is 7.98. The van der Waals surface area contributed by atoms with Gasteiger partial charge in [-0.05, 0) is 37.0 Å². The third kappa shape index (κ3) is 3.53. The van der Waals surface area contributed by atoms with Gasteiger partial charge in [0.15, 0.2) is 0 Å². The molecule has 2 heterocycles. The maximum atomic E-state index is 5.76. The smallest absolute Gasteiger partial charge is 0.277 e. The van der Waals surface area contributed by atoms with Gasteiger partial charge >= 0.3 is 0 Å². The Morgan fingerprint density at radius 2 is 1.75 bits per heavy atom. The van der Waals surface area contributed by atoms with Crippen molar-refractivity contribution >= 4 is 11.8 Å². The zero-order valence-electron chi connectivity index (χ0n) is 14.6. The third-order valence-corrected chi connectivity index (χ3v) is 4.77. The van der Waals surface area contributed by atoms with E-state index in [-0.39, 0.29) is 5.41 Å². The van der Waals surface area contributed by atoms with Gasteiger partial charge < -0.3 is 8.94 Å². The van der Waals surface area contributed by atoms with Crippen LogP contribution < -0.4 is 0 Å². The van der Waals surface area contributed by atoms with Crippen molar-refractivity contribution in [2.45, 2.75) is 51.0 Å². The van der Waals surface area contributed by atoms with Crippen LogP contribution in [0.5, 0.6) is 0 Å². The maximum Gasteiger partial charge on any atom is 0.277 e. The van der Waals surface area contributed by atoms with Crippen molar-refractivity contribution in [1.82, 2.24) is 15.4 Å². The number of aryl methyl sites for hydroxylation is 2.